The maximum absolute atomic E-state index is 10.0. The van der Waals surface area contributed by atoms with Crippen molar-refractivity contribution in [3.63, 3.8) is 0 Å². The summed E-state index contributed by atoms with van der Waals surface area (Å²) in [5.41, 5.74) is -0.0161. The zero-order chi connectivity index (χ0) is 10.1. The van der Waals surface area contributed by atoms with Gasteiger partial charge in [-0.1, -0.05) is 27.2 Å². The third-order valence-electron chi connectivity index (χ3n) is 3.20. The van der Waals surface area contributed by atoms with Crippen molar-refractivity contribution in [2.24, 2.45) is 11.3 Å². The van der Waals surface area contributed by atoms with Crippen molar-refractivity contribution >= 4 is 0 Å². The van der Waals surface area contributed by atoms with Gasteiger partial charge in [0.2, 0.25) is 0 Å². The van der Waals surface area contributed by atoms with Gasteiger partial charge in [-0.2, -0.15) is 0 Å². The molecule has 1 fully saturated rings. The molecule has 13 heavy (non-hydrogen) atoms. The standard InChI is InChI=1S/C12H24O/c1-10(2)8-11(3)6-5-7-12(4,13)9-11/h10,13H,5-9H2,1-4H3. The Balaban J connectivity index is 2.58. The van der Waals surface area contributed by atoms with E-state index in [0.717, 1.165) is 18.8 Å². The first-order chi connectivity index (χ1) is 5.83. The van der Waals surface area contributed by atoms with Crippen LogP contribution >= 0.6 is 0 Å². The van der Waals surface area contributed by atoms with Crippen LogP contribution in [0.25, 0.3) is 0 Å². The number of aliphatic hydroxyl groups is 1. The highest BCUT2D eigenvalue weighted by Crippen LogP contribution is 2.44. The number of hydrogen-bond acceptors (Lipinski definition) is 1. The maximum Gasteiger partial charge on any atom is 0.0625 e. The summed E-state index contributed by atoms with van der Waals surface area (Å²) in [5, 5.41) is 10.0. The van der Waals surface area contributed by atoms with Gasteiger partial charge in [0.25, 0.3) is 0 Å². The molecule has 0 heterocycles. The van der Waals surface area contributed by atoms with E-state index in [9.17, 15) is 5.11 Å². The van der Waals surface area contributed by atoms with E-state index < -0.39 is 5.60 Å². The highest BCUT2D eigenvalue weighted by atomic mass is 16.3. The topological polar surface area (TPSA) is 20.2 Å². The van der Waals surface area contributed by atoms with Crippen molar-refractivity contribution in [3.05, 3.63) is 0 Å². The van der Waals surface area contributed by atoms with Gasteiger partial charge in [-0.15, -0.1) is 0 Å². The van der Waals surface area contributed by atoms with Gasteiger partial charge in [-0.25, -0.2) is 0 Å². The smallest absolute Gasteiger partial charge is 0.0625 e. The molecule has 0 amide bonds. The minimum absolute atomic E-state index is 0.385. The third-order valence-corrected chi connectivity index (χ3v) is 3.20. The van der Waals surface area contributed by atoms with Crippen LogP contribution in [0.1, 0.15) is 59.8 Å². The van der Waals surface area contributed by atoms with Crippen molar-refractivity contribution in [2.75, 3.05) is 0 Å². The predicted octanol–water partition coefficient (Wildman–Crippen LogP) is 3.36. The summed E-state index contributed by atoms with van der Waals surface area (Å²) in [7, 11) is 0. The van der Waals surface area contributed by atoms with Crippen LogP contribution in [0.5, 0.6) is 0 Å². The van der Waals surface area contributed by atoms with Gasteiger partial charge in [0, 0.05) is 0 Å². The minimum atomic E-state index is -0.401. The van der Waals surface area contributed by atoms with Gasteiger partial charge < -0.3 is 5.11 Å². The first-order valence-electron chi connectivity index (χ1n) is 5.55. The molecule has 0 aromatic rings. The van der Waals surface area contributed by atoms with Crippen LogP contribution in [-0.4, -0.2) is 10.7 Å². The van der Waals surface area contributed by atoms with E-state index in [4.69, 9.17) is 0 Å². The van der Waals surface area contributed by atoms with Crippen molar-refractivity contribution in [2.45, 2.75) is 65.4 Å². The molecule has 78 valence electrons. The molecule has 0 saturated heterocycles. The summed E-state index contributed by atoms with van der Waals surface area (Å²) in [5.74, 6) is 0.749. The molecule has 1 rings (SSSR count). The molecule has 0 radical (unpaired) electrons. The summed E-state index contributed by atoms with van der Waals surface area (Å²) < 4.78 is 0. The highest BCUT2D eigenvalue weighted by Gasteiger charge is 2.37. The normalized spacial score (nSPS) is 41.1. The molecule has 0 aromatic heterocycles. The molecular weight excluding hydrogens is 160 g/mol. The molecule has 0 aromatic carbocycles. The summed E-state index contributed by atoms with van der Waals surface area (Å²) in [6.07, 6.45) is 5.71. The fourth-order valence-corrected chi connectivity index (χ4v) is 3.15. The first-order valence-corrected chi connectivity index (χ1v) is 5.55. The van der Waals surface area contributed by atoms with Gasteiger partial charge in [0.05, 0.1) is 5.60 Å². The molecular formula is C12H24O. The van der Waals surface area contributed by atoms with E-state index in [0.29, 0.717) is 5.41 Å². The summed E-state index contributed by atoms with van der Waals surface area (Å²) in [4.78, 5) is 0. The van der Waals surface area contributed by atoms with Crippen LogP contribution in [0.4, 0.5) is 0 Å². The Labute approximate surface area is 82.5 Å². The molecule has 2 atom stereocenters. The zero-order valence-electron chi connectivity index (χ0n) is 9.56. The molecule has 1 saturated carbocycles. The van der Waals surface area contributed by atoms with Crippen LogP contribution in [0.15, 0.2) is 0 Å². The molecule has 0 spiro atoms. The monoisotopic (exact) mass is 184 g/mol. The molecule has 1 nitrogen and oxygen atoms in total. The van der Waals surface area contributed by atoms with E-state index in [1.54, 1.807) is 0 Å². The molecule has 0 aliphatic heterocycles. The SMILES string of the molecule is CC(C)CC1(C)CCCC(C)(O)C1. The Morgan fingerprint density at radius 2 is 1.85 bits per heavy atom. The first kappa shape index (κ1) is 11.0. The lowest BCUT2D eigenvalue weighted by Gasteiger charge is -2.42. The zero-order valence-corrected chi connectivity index (χ0v) is 9.56. The molecule has 1 aliphatic rings. The summed E-state index contributed by atoms with van der Waals surface area (Å²) in [6.45, 7) is 8.87. The van der Waals surface area contributed by atoms with Gasteiger partial charge in [-0.05, 0) is 43.9 Å². The number of hydrogen-bond donors (Lipinski definition) is 1. The Morgan fingerprint density at radius 3 is 2.31 bits per heavy atom. The average molecular weight is 184 g/mol. The molecule has 2 unspecified atom stereocenters. The second kappa shape index (κ2) is 3.61. The number of rotatable bonds is 2. The lowest BCUT2D eigenvalue weighted by molar-refractivity contribution is -0.0357. The second-order valence-electron chi connectivity index (χ2n) is 5.94. The molecule has 1 aliphatic carbocycles. The van der Waals surface area contributed by atoms with E-state index in [-0.39, 0.29) is 0 Å². The fraction of sp³-hybridized carbons (Fsp3) is 1.00. The predicted molar refractivity (Wildman–Crippen MR) is 56.7 cm³/mol. The van der Waals surface area contributed by atoms with Crippen LogP contribution in [-0.2, 0) is 0 Å². The van der Waals surface area contributed by atoms with E-state index >= 15 is 0 Å². The molecule has 0 bridgehead atoms. The van der Waals surface area contributed by atoms with E-state index in [1.165, 1.54) is 19.3 Å². The van der Waals surface area contributed by atoms with Crippen molar-refractivity contribution in [1.82, 2.24) is 0 Å². The van der Waals surface area contributed by atoms with E-state index in [1.807, 2.05) is 6.92 Å². The van der Waals surface area contributed by atoms with Crippen molar-refractivity contribution in [3.8, 4) is 0 Å². The van der Waals surface area contributed by atoms with Gasteiger partial charge >= 0.3 is 0 Å². The largest absolute Gasteiger partial charge is 0.390 e. The van der Waals surface area contributed by atoms with Crippen LogP contribution in [0, 0.1) is 11.3 Å². The Hall–Kier alpha value is -0.0400. The summed E-state index contributed by atoms with van der Waals surface area (Å²) in [6, 6.07) is 0. The molecule has 1 N–H and O–H groups in total. The quantitative estimate of drug-likeness (QED) is 0.697. The van der Waals surface area contributed by atoms with Crippen LogP contribution in [0.2, 0.25) is 0 Å². The lowest BCUT2D eigenvalue weighted by atomic mass is 9.66. The summed E-state index contributed by atoms with van der Waals surface area (Å²) >= 11 is 0. The second-order valence-corrected chi connectivity index (χ2v) is 5.94. The van der Waals surface area contributed by atoms with Crippen LogP contribution < -0.4 is 0 Å². The van der Waals surface area contributed by atoms with Gasteiger partial charge in [0.15, 0.2) is 0 Å². The van der Waals surface area contributed by atoms with Crippen LogP contribution in [0.3, 0.4) is 0 Å². The highest BCUT2D eigenvalue weighted by molar-refractivity contribution is 4.90. The average Bonchev–Trinajstić information content (AvgIpc) is 1.79. The molecule has 1 heteroatoms. The van der Waals surface area contributed by atoms with Crippen molar-refractivity contribution < 1.29 is 5.11 Å². The van der Waals surface area contributed by atoms with Crippen molar-refractivity contribution in [1.29, 1.82) is 0 Å². The van der Waals surface area contributed by atoms with E-state index in [2.05, 4.69) is 20.8 Å². The Bertz CT molecular complexity index is 172. The Kier molecular flexibility index (Phi) is 3.06. The lowest BCUT2D eigenvalue weighted by Crippen LogP contribution is -2.38. The Morgan fingerprint density at radius 1 is 1.23 bits per heavy atom. The van der Waals surface area contributed by atoms with Gasteiger partial charge in [0.1, 0.15) is 0 Å². The third kappa shape index (κ3) is 3.30. The maximum atomic E-state index is 10.0. The van der Waals surface area contributed by atoms with Gasteiger partial charge in [-0.3, -0.25) is 0 Å². The minimum Gasteiger partial charge on any atom is -0.390 e. The fourth-order valence-electron chi connectivity index (χ4n) is 3.15.